The smallest absolute Gasteiger partial charge is 0.325 e. The lowest BCUT2D eigenvalue weighted by Gasteiger charge is -2.37. The number of benzene rings is 2. The first-order valence-electron chi connectivity index (χ1n) is 14.8. The van der Waals surface area contributed by atoms with Gasteiger partial charge in [0.05, 0.1) is 11.1 Å². The zero-order chi connectivity index (χ0) is 33.1. The van der Waals surface area contributed by atoms with Gasteiger partial charge in [-0.15, -0.1) is 0 Å². The third-order valence-corrected chi connectivity index (χ3v) is 11.0. The van der Waals surface area contributed by atoms with Gasteiger partial charge >= 0.3 is 15.5 Å². The third-order valence-electron chi connectivity index (χ3n) is 9.22. The number of carbonyl (C=O) groups excluding carboxylic acids is 2. The molecule has 1 saturated carbocycles. The van der Waals surface area contributed by atoms with Crippen LogP contribution in [0.25, 0.3) is 0 Å². The predicted molar refractivity (Wildman–Crippen MR) is 164 cm³/mol. The molecule has 2 heterocycles. The average Bonchev–Trinajstić information content (AvgIpc) is 3.38. The lowest BCUT2D eigenvalue weighted by molar-refractivity contribution is -0.123. The zero-order valence-electron chi connectivity index (χ0n) is 24.9. The quantitative estimate of drug-likeness (QED) is 0.276. The molecule has 0 radical (unpaired) electrons. The van der Waals surface area contributed by atoms with E-state index in [1.807, 2.05) is 20.8 Å². The fraction of sp³-hybridized carbons (Fsp3) is 0.548. The summed E-state index contributed by atoms with van der Waals surface area (Å²) in [6.07, 6.45) is 1.50. The maximum Gasteiger partial charge on any atom is 0.511 e. The predicted octanol–water partition coefficient (Wildman–Crippen LogP) is 6.84. The Labute approximate surface area is 269 Å². The molecular formula is C31H35Cl2F4N3O4S. The Balaban J connectivity index is 1.49. The van der Waals surface area contributed by atoms with Crippen LogP contribution in [-0.4, -0.2) is 43.7 Å². The van der Waals surface area contributed by atoms with Crippen LogP contribution in [0.2, 0.25) is 10.0 Å². The highest BCUT2D eigenvalue weighted by atomic mass is 35.5. The molecule has 2 aliphatic heterocycles. The van der Waals surface area contributed by atoms with Crippen molar-refractivity contribution in [2.75, 3.05) is 5.32 Å². The number of alkyl halides is 3. The van der Waals surface area contributed by atoms with Crippen molar-refractivity contribution in [1.29, 1.82) is 0 Å². The standard InChI is InChI=1S/C31H35Cl2F4N3O4S/c1-29(2,3)15-25-30(20-13-22(34)21(33)14-23(20)38-28(30)42)26(17-5-4-6-18(32)12-17)27(39-25)24(41)11-16-7-9-19(10-8-16)40-45(43,44)31(35,36)37/h4-6,12-14,16,19,25-27,39-40H,7-11,15H2,1-3H3,(H,38,42)/t16?,19?,25-,26+,27+,30+/m1/s1. The van der Waals surface area contributed by atoms with E-state index in [1.54, 1.807) is 29.0 Å². The van der Waals surface area contributed by atoms with Crippen LogP contribution in [0.15, 0.2) is 36.4 Å². The van der Waals surface area contributed by atoms with Crippen molar-refractivity contribution in [3.63, 3.8) is 0 Å². The molecule has 2 fully saturated rings. The molecule has 246 valence electrons. The molecule has 7 nitrogen and oxygen atoms in total. The molecule has 1 aliphatic carbocycles. The molecular weight excluding hydrogens is 657 g/mol. The SMILES string of the molecule is CC(C)(C)C[C@H]1N[C@@H](C(=O)CC2CCC(NS(=O)(=O)C(F)(F)F)CC2)[C@H](c2cccc(Cl)c2)[C@@]12C(=O)Nc1cc(Cl)c(F)cc12. The number of amides is 1. The van der Waals surface area contributed by atoms with Gasteiger partial charge in [0.2, 0.25) is 5.91 Å². The van der Waals surface area contributed by atoms with Gasteiger partial charge in [0.1, 0.15) is 11.2 Å². The fourth-order valence-electron chi connectivity index (χ4n) is 7.37. The molecule has 5 rings (SSSR count). The number of anilines is 1. The molecule has 0 bridgehead atoms. The lowest BCUT2D eigenvalue weighted by atomic mass is 9.62. The van der Waals surface area contributed by atoms with Gasteiger partial charge in [-0.25, -0.2) is 17.5 Å². The Kier molecular flexibility index (Phi) is 9.15. The number of ketones is 1. The highest BCUT2D eigenvalue weighted by Gasteiger charge is 2.65. The van der Waals surface area contributed by atoms with Crippen molar-refractivity contribution in [3.8, 4) is 0 Å². The van der Waals surface area contributed by atoms with Crippen LogP contribution in [0.1, 0.15) is 76.3 Å². The highest BCUT2D eigenvalue weighted by molar-refractivity contribution is 7.90. The molecule has 1 saturated heterocycles. The summed E-state index contributed by atoms with van der Waals surface area (Å²) in [5.41, 5.74) is -5.72. The van der Waals surface area contributed by atoms with Crippen LogP contribution in [0.5, 0.6) is 0 Å². The van der Waals surface area contributed by atoms with Crippen molar-refractivity contribution < 1.29 is 35.6 Å². The molecule has 14 heteroatoms. The summed E-state index contributed by atoms with van der Waals surface area (Å²) in [5.74, 6) is -2.28. The highest BCUT2D eigenvalue weighted by Crippen LogP contribution is 2.57. The molecule has 45 heavy (non-hydrogen) atoms. The summed E-state index contributed by atoms with van der Waals surface area (Å²) in [4.78, 5) is 28.5. The molecule has 1 amide bonds. The third kappa shape index (κ3) is 6.50. The van der Waals surface area contributed by atoms with E-state index in [1.165, 1.54) is 12.1 Å². The van der Waals surface area contributed by atoms with E-state index in [0.717, 1.165) is 0 Å². The summed E-state index contributed by atoms with van der Waals surface area (Å²) in [5, 5.41) is 6.61. The summed E-state index contributed by atoms with van der Waals surface area (Å²) in [6.45, 7) is 6.02. The number of halogens is 6. The van der Waals surface area contributed by atoms with E-state index in [-0.39, 0.29) is 41.4 Å². The van der Waals surface area contributed by atoms with E-state index in [9.17, 15) is 31.2 Å². The largest absolute Gasteiger partial charge is 0.511 e. The van der Waals surface area contributed by atoms with Gasteiger partial charge in [0, 0.05) is 35.1 Å². The van der Waals surface area contributed by atoms with E-state index < -0.39 is 56.7 Å². The Hall–Kier alpha value is -2.25. The van der Waals surface area contributed by atoms with E-state index >= 15 is 4.39 Å². The normalized spacial score (nSPS) is 28.7. The molecule has 0 unspecified atom stereocenters. The number of Topliss-reactive ketones (excluding diaryl/α,β-unsaturated/α-hetero) is 1. The van der Waals surface area contributed by atoms with Gasteiger partial charge in [-0.05, 0) is 78.8 Å². The van der Waals surface area contributed by atoms with E-state index in [0.29, 0.717) is 41.1 Å². The lowest BCUT2D eigenvalue weighted by Crippen LogP contribution is -2.49. The van der Waals surface area contributed by atoms with Crippen molar-refractivity contribution in [2.24, 2.45) is 11.3 Å². The molecule has 0 aromatic heterocycles. The molecule has 2 aromatic carbocycles. The van der Waals surface area contributed by atoms with Gasteiger partial charge in [-0.2, -0.15) is 13.2 Å². The van der Waals surface area contributed by atoms with Gasteiger partial charge in [0.15, 0.2) is 5.78 Å². The number of rotatable bonds is 7. The Morgan fingerprint density at radius 1 is 1.07 bits per heavy atom. The number of hydrogen-bond acceptors (Lipinski definition) is 5. The Morgan fingerprint density at radius 3 is 2.33 bits per heavy atom. The van der Waals surface area contributed by atoms with E-state index in [4.69, 9.17) is 23.2 Å². The average molecular weight is 693 g/mol. The van der Waals surface area contributed by atoms with Gasteiger partial charge in [-0.3, -0.25) is 9.59 Å². The molecule has 4 atom stereocenters. The first-order chi connectivity index (χ1) is 20.8. The minimum Gasteiger partial charge on any atom is -0.325 e. The topological polar surface area (TPSA) is 104 Å². The number of fused-ring (bicyclic) bond motifs is 2. The molecule has 3 N–H and O–H groups in total. The number of sulfonamides is 1. The van der Waals surface area contributed by atoms with Crippen LogP contribution in [0.4, 0.5) is 23.2 Å². The van der Waals surface area contributed by atoms with Crippen molar-refractivity contribution in [3.05, 3.63) is 63.4 Å². The van der Waals surface area contributed by atoms with Crippen molar-refractivity contribution >= 4 is 50.6 Å². The Morgan fingerprint density at radius 2 is 1.73 bits per heavy atom. The molecule has 1 spiro atoms. The summed E-state index contributed by atoms with van der Waals surface area (Å²) in [7, 11) is -5.47. The second kappa shape index (κ2) is 12.1. The first kappa shape index (κ1) is 34.1. The summed E-state index contributed by atoms with van der Waals surface area (Å²) in [6, 6.07) is 7.17. The summed E-state index contributed by atoms with van der Waals surface area (Å²) < 4.78 is 78.6. The molecule has 3 aliphatic rings. The van der Waals surface area contributed by atoms with Crippen LogP contribution >= 0.6 is 23.2 Å². The summed E-state index contributed by atoms with van der Waals surface area (Å²) >= 11 is 12.5. The Bertz CT molecular complexity index is 1610. The second-order valence-electron chi connectivity index (χ2n) is 13.6. The fourth-order valence-corrected chi connectivity index (χ4v) is 8.54. The van der Waals surface area contributed by atoms with Gasteiger partial charge < -0.3 is 10.6 Å². The molecule has 2 aromatic rings. The maximum atomic E-state index is 15.1. The van der Waals surface area contributed by atoms with Gasteiger partial charge in [-0.1, -0.05) is 56.1 Å². The van der Waals surface area contributed by atoms with Crippen LogP contribution in [0, 0.1) is 17.2 Å². The van der Waals surface area contributed by atoms with Crippen LogP contribution in [-0.2, 0) is 25.0 Å². The first-order valence-corrected chi connectivity index (χ1v) is 17.0. The number of hydrogen-bond donors (Lipinski definition) is 3. The minimum absolute atomic E-state index is 0.0647. The van der Waals surface area contributed by atoms with Crippen molar-refractivity contribution in [1.82, 2.24) is 10.0 Å². The second-order valence-corrected chi connectivity index (χ2v) is 16.1. The zero-order valence-corrected chi connectivity index (χ0v) is 27.2. The minimum atomic E-state index is -5.47. The van der Waals surface area contributed by atoms with E-state index in [2.05, 4.69) is 10.6 Å². The maximum absolute atomic E-state index is 15.1. The number of nitrogens with one attached hydrogen (secondary N) is 3. The van der Waals surface area contributed by atoms with Crippen LogP contribution < -0.4 is 15.4 Å². The van der Waals surface area contributed by atoms with Crippen LogP contribution in [0.3, 0.4) is 0 Å². The van der Waals surface area contributed by atoms with Gasteiger partial charge in [0.25, 0.3) is 0 Å². The monoisotopic (exact) mass is 691 g/mol. The number of carbonyl (C=O) groups is 2. The van der Waals surface area contributed by atoms with Crippen molar-refractivity contribution in [2.45, 2.75) is 94.3 Å².